The normalized spacial score (nSPS) is 19.3. The van der Waals surface area contributed by atoms with Gasteiger partial charge in [0.1, 0.15) is 22.3 Å². The van der Waals surface area contributed by atoms with Crippen molar-refractivity contribution in [3.63, 3.8) is 0 Å². The van der Waals surface area contributed by atoms with Gasteiger partial charge in [-0.25, -0.2) is 0 Å². The minimum absolute atomic E-state index is 0.105. The molecule has 276 valence electrons. The molecule has 1 saturated carbocycles. The fourth-order valence-electron chi connectivity index (χ4n) is 10.9. The van der Waals surface area contributed by atoms with E-state index in [0.717, 1.165) is 56.0 Å². The number of anilines is 2. The van der Waals surface area contributed by atoms with Crippen LogP contribution < -0.4 is 4.90 Å². The third-order valence-electron chi connectivity index (χ3n) is 13.6. The van der Waals surface area contributed by atoms with Crippen LogP contribution in [0.3, 0.4) is 0 Å². The average Bonchev–Trinajstić information content (AvgIpc) is 3.55. The number of fused-ring (bicyclic) bond motifs is 10. The van der Waals surface area contributed by atoms with Crippen molar-refractivity contribution < 1.29 is 8.83 Å². The lowest BCUT2D eigenvalue weighted by Crippen LogP contribution is -2.33. The van der Waals surface area contributed by atoms with Crippen molar-refractivity contribution in [2.24, 2.45) is 0 Å². The molecule has 0 radical (unpaired) electrons. The molecule has 8 aromatic carbocycles. The summed E-state index contributed by atoms with van der Waals surface area (Å²) in [5.41, 5.74) is 15.7. The van der Waals surface area contributed by atoms with Gasteiger partial charge in [0.25, 0.3) is 0 Å². The molecule has 1 aliphatic heterocycles. The molecule has 0 bridgehead atoms. The van der Waals surface area contributed by atoms with Crippen LogP contribution in [0.1, 0.15) is 17.5 Å². The zero-order valence-electron chi connectivity index (χ0n) is 31.9. The Hall–Kier alpha value is -7.56. The Morgan fingerprint density at radius 2 is 1.03 bits per heavy atom. The zero-order valence-corrected chi connectivity index (χ0v) is 31.9. The number of para-hydroxylation sites is 4. The molecule has 0 saturated heterocycles. The van der Waals surface area contributed by atoms with Crippen LogP contribution in [-0.2, 0) is 5.41 Å². The first-order valence-corrected chi connectivity index (χ1v) is 20.4. The van der Waals surface area contributed by atoms with Crippen LogP contribution in [-0.4, -0.2) is 10.1 Å². The Kier molecular flexibility index (Phi) is 5.92. The fourth-order valence-corrected chi connectivity index (χ4v) is 10.9. The Bertz CT molecular complexity index is 3690. The topological polar surface area (TPSA) is 34.5 Å². The van der Waals surface area contributed by atoms with Crippen molar-refractivity contribution in [3.05, 3.63) is 205 Å². The van der Waals surface area contributed by atoms with Crippen molar-refractivity contribution in [2.75, 3.05) is 4.90 Å². The molecule has 0 spiro atoms. The SMILES string of the molecule is C1=CC23CC2(C=C1c1ccc2oc4ccccc4c2c1)c1ccccc1N3c1cccc(-n2c3ccccc3c3cc(-c4ccc5oc6ccccc6c5c4)ccc32)c1. The summed E-state index contributed by atoms with van der Waals surface area (Å²) in [7, 11) is 0. The Morgan fingerprint density at radius 1 is 0.441 bits per heavy atom. The van der Waals surface area contributed by atoms with Gasteiger partial charge in [0.2, 0.25) is 0 Å². The average molecular weight is 755 g/mol. The highest BCUT2D eigenvalue weighted by Gasteiger charge is 2.74. The quantitative estimate of drug-likeness (QED) is 0.179. The Morgan fingerprint density at radius 3 is 1.83 bits per heavy atom. The van der Waals surface area contributed by atoms with Crippen LogP contribution in [0.2, 0.25) is 0 Å². The van der Waals surface area contributed by atoms with Gasteiger partial charge in [0.15, 0.2) is 0 Å². The number of hydrogen-bond acceptors (Lipinski definition) is 3. The van der Waals surface area contributed by atoms with E-state index in [1.54, 1.807) is 0 Å². The summed E-state index contributed by atoms with van der Waals surface area (Å²) in [5, 5.41) is 7.09. The smallest absolute Gasteiger partial charge is 0.135 e. The first-order chi connectivity index (χ1) is 29.2. The highest BCUT2D eigenvalue weighted by Crippen LogP contribution is 2.73. The summed E-state index contributed by atoms with van der Waals surface area (Å²) in [4.78, 5) is 2.62. The number of hydrogen-bond donors (Lipinski definition) is 0. The second-order valence-electron chi connectivity index (χ2n) is 16.6. The summed E-state index contributed by atoms with van der Waals surface area (Å²) in [5.74, 6) is 0. The predicted octanol–water partition coefficient (Wildman–Crippen LogP) is 14.4. The summed E-state index contributed by atoms with van der Waals surface area (Å²) in [6.45, 7) is 0. The molecule has 14 rings (SSSR count). The van der Waals surface area contributed by atoms with E-state index in [1.807, 2.05) is 24.3 Å². The molecule has 1 fully saturated rings. The van der Waals surface area contributed by atoms with Crippen molar-refractivity contribution >= 4 is 82.6 Å². The predicted molar refractivity (Wildman–Crippen MR) is 242 cm³/mol. The van der Waals surface area contributed by atoms with Crippen LogP contribution in [0, 0.1) is 0 Å². The lowest BCUT2D eigenvalue weighted by molar-refractivity contribution is 0.668. The number of allylic oxidation sites excluding steroid dienone is 2. The van der Waals surface area contributed by atoms with Gasteiger partial charge >= 0.3 is 0 Å². The van der Waals surface area contributed by atoms with Gasteiger partial charge in [-0.2, -0.15) is 0 Å². The number of furan rings is 2. The maximum Gasteiger partial charge on any atom is 0.135 e. The zero-order chi connectivity index (χ0) is 38.5. The largest absolute Gasteiger partial charge is 0.456 e. The van der Waals surface area contributed by atoms with E-state index in [4.69, 9.17) is 8.83 Å². The Labute approximate surface area is 339 Å². The van der Waals surface area contributed by atoms with E-state index in [0.29, 0.717) is 0 Å². The molecule has 3 aliphatic rings. The standard InChI is InChI=1S/C55H34N2O2/c1-5-16-47-40(12-1)43-28-34(35-21-24-52-44(29-35)41-13-2-7-18-50(41)58-52)20-23-48(43)56(47)38-10-9-11-39(31-38)57-49-17-6-4-15-46(49)54-32-37(26-27-55(54,57)33-54)36-22-25-53-45(30-36)42-14-3-8-19-51(42)59-53/h1-32H,33H2. The molecule has 2 aliphatic carbocycles. The lowest BCUT2D eigenvalue weighted by Gasteiger charge is -2.31. The van der Waals surface area contributed by atoms with Crippen molar-refractivity contribution in [2.45, 2.75) is 17.4 Å². The van der Waals surface area contributed by atoms with Gasteiger partial charge in [-0.05, 0) is 113 Å². The van der Waals surface area contributed by atoms with Gasteiger partial charge < -0.3 is 18.3 Å². The van der Waals surface area contributed by atoms with E-state index in [9.17, 15) is 0 Å². The summed E-state index contributed by atoms with van der Waals surface area (Å²) >= 11 is 0. The van der Waals surface area contributed by atoms with Crippen LogP contribution in [0.5, 0.6) is 0 Å². The molecule has 2 unspecified atom stereocenters. The molecule has 0 N–H and O–H groups in total. The second-order valence-corrected chi connectivity index (χ2v) is 16.6. The van der Waals surface area contributed by atoms with Crippen LogP contribution in [0.15, 0.2) is 203 Å². The number of rotatable bonds is 4. The maximum atomic E-state index is 6.18. The molecule has 59 heavy (non-hydrogen) atoms. The lowest BCUT2D eigenvalue weighted by atomic mass is 9.85. The molecule has 2 atom stereocenters. The van der Waals surface area contributed by atoms with Crippen LogP contribution in [0.4, 0.5) is 11.4 Å². The molecule has 4 heteroatoms. The van der Waals surface area contributed by atoms with E-state index in [-0.39, 0.29) is 11.0 Å². The first-order valence-electron chi connectivity index (χ1n) is 20.4. The number of aromatic nitrogens is 1. The summed E-state index contributed by atoms with van der Waals surface area (Å²) < 4.78 is 14.8. The van der Waals surface area contributed by atoms with E-state index in [1.165, 1.54) is 61.0 Å². The van der Waals surface area contributed by atoms with Gasteiger partial charge in [-0.1, -0.05) is 115 Å². The monoisotopic (exact) mass is 754 g/mol. The third kappa shape index (κ3) is 4.12. The minimum Gasteiger partial charge on any atom is -0.456 e. The maximum absolute atomic E-state index is 6.18. The molecule has 3 aromatic heterocycles. The van der Waals surface area contributed by atoms with Crippen molar-refractivity contribution in [1.82, 2.24) is 4.57 Å². The second kappa shape index (κ2) is 11.1. The van der Waals surface area contributed by atoms with Crippen LogP contribution >= 0.6 is 0 Å². The molecular weight excluding hydrogens is 721 g/mol. The van der Waals surface area contributed by atoms with Gasteiger partial charge in [-0.15, -0.1) is 0 Å². The fraction of sp³-hybridized carbons (Fsp3) is 0.0545. The molecule has 4 heterocycles. The van der Waals surface area contributed by atoms with Crippen molar-refractivity contribution in [1.29, 1.82) is 0 Å². The third-order valence-corrected chi connectivity index (χ3v) is 13.6. The molecule has 4 nitrogen and oxygen atoms in total. The van der Waals surface area contributed by atoms with E-state index >= 15 is 0 Å². The minimum atomic E-state index is -0.164. The van der Waals surface area contributed by atoms with Gasteiger partial charge in [-0.3, -0.25) is 0 Å². The summed E-state index contributed by atoms with van der Waals surface area (Å²) in [6, 6.07) is 63.7. The first kappa shape index (κ1) is 31.5. The number of benzene rings is 8. The van der Waals surface area contributed by atoms with Gasteiger partial charge in [0.05, 0.1) is 16.6 Å². The van der Waals surface area contributed by atoms with E-state index in [2.05, 4.69) is 179 Å². The Balaban J connectivity index is 0.877. The summed E-state index contributed by atoms with van der Waals surface area (Å²) in [6.07, 6.45) is 8.43. The van der Waals surface area contributed by atoms with Gasteiger partial charge in [0, 0.05) is 54.8 Å². The van der Waals surface area contributed by atoms with Crippen molar-refractivity contribution in [3.8, 4) is 16.8 Å². The highest BCUT2D eigenvalue weighted by molar-refractivity contribution is 6.12. The number of nitrogens with zero attached hydrogens (tertiary/aromatic N) is 2. The highest BCUT2D eigenvalue weighted by atomic mass is 16.3. The van der Waals surface area contributed by atoms with E-state index < -0.39 is 0 Å². The molecule has 11 aromatic rings. The van der Waals surface area contributed by atoms with Crippen LogP contribution in [0.25, 0.3) is 88.1 Å². The molecular formula is C55H34N2O2. The molecule has 0 amide bonds.